The van der Waals surface area contributed by atoms with Crippen LogP contribution in [0.3, 0.4) is 0 Å². The first-order valence-corrected chi connectivity index (χ1v) is 11.5. The summed E-state index contributed by atoms with van der Waals surface area (Å²) >= 11 is 9.79. The zero-order chi connectivity index (χ0) is 21.1. The first kappa shape index (κ1) is 21.5. The molecule has 2 heterocycles. The van der Waals surface area contributed by atoms with Gasteiger partial charge in [0.05, 0.1) is 13.7 Å². The van der Waals surface area contributed by atoms with Crippen LogP contribution in [0.1, 0.15) is 18.4 Å². The molecule has 0 aromatic heterocycles. The Morgan fingerprint density at radius 1 is 1.17 bits per heavy atom. The van der Waals surface area contributed by atoms with E-state index in [1.165, 1.54) is 5.56 Å². The molecule has 0 N–H and O–H groups in total. The third-order valence-corrected chi connectivity index (χ3v) is 6.95. The van der Waals surface area contributed by atoms with E-state index in [-0.39, 0.29) is 12.2 Å². The minimum atomic E-state index is -0.272. The SMILES string of the molecule is COc1ccc(N2CC(CN3CCC(Cc4cc(Cl)ccc4Br)CC3)OC2=O)cc1. The van der Waals surface area contributed by atoms with E-state index in [4.69, 9.17) is 21.1 Å². The highest BCUT2D eigenvalue weighted by atomic mass is 79.9. The Morgan fingerprint density at radius 3 is 2.60 bits per heavy atom. The molecule has 2 saturated heterocycles. The maximum absolute atomic E-state index is 12.3. The molecule has 2 aliphatic rings. The number of ether oxygens (including phenoxy) is 2. The summed E-state index contributed by atoms with van der Waals surface area (Å²) in [5.41, 5.74) is 2.12. The number of nitrogens with zero attached hydrogens (tertiary/aromatic N) is 2. The summed E-state index contributed by atoms with van der Waals surface area (Å²) in [6.07, 6.45) is 2.95. The van der Waals surface area contributed by atoms with Gasteiger partial charge >= 0.3 is 6.09 Å². The standard InChI is InChI=1S/C23H26BrClN2O3/c1-29-20-5-3-19(4-6-20)27-15-21(30-23(27)28)14-26-10-8-16(9-11-26)12-17-13-18(25)2-7-22(17)24/h2-7,13,16,21H,8-12,14-15H2,1H3. The van der Waals surface area contributed by atoms with Crippen LogP contribution in [-0.4, -0.2) is 50.4 Å². The molecule has 1 unspecified atom stereocenters. The lowest BCUT2D eigenvalue weighted by Gasteiger charge is -2.33. The van der Waals surface area contributed by atoms with Gasteiger partial charge in [-0.2, -0.15) is 0 Å². The van der Waals surface area contributed by atoms with Gasteiger partial charge in [0.15, 0.2) is 0 Å². The van der Waals surface area contributed by atoms with E-state index in [1.54, 1.807) is 12.0 Å². The van der Waals surface area contributed by atoms with Crippen molar-refractivity contribution in [2.45, 2.75) is 25.4 Å². The van der Waals surface area contributed by atoms with Gasteiger partial charge in [-0.15, -0.1) is 0 Å². The number of methoxy groups -OCH3 is 1. The molecule has 2 aromatic rings. The number of likely N-dealkylation sites (tertiary alicyclic amines) is 1. The first-order valence-electron chi connectivity index (χ1n) is 10.3. The van der Waals surface area contributed by atoms with Crippen molar-refractivity contribution in [1.29, 1.82) is 0 Å². The molecule has 5 nitrogen and oxygen atoms in total. The van der Waals surface area contributed by atoms with E-state index in [1.807, 2.05) is 36.4 Å². The Balaban J connectivity index is 1.27. The number of hydrogen-bond acceptors (Lipinski definition) is 4. The average Bonchev–Trinajstić information content (AvgIpc) is 3.12. The monoisotopic (exact) mass is 492 g/mol. The van der Waals surface area contributed by atoms with E-state index in [0.29, 0.717) is 12.5 Å². The Hall–Kier alpha value is -1.76. The Morgan fingerprint density at radius 2 is 1.90 bits per heavy atom. The van der Waals surface area contributed by atoms with Crippen LogP contribution in [0.25, 0.3) is 0 Å². The highest BCUT2D eigenvalue weighted by molar-refractivity contribution is 9.10. The molecule has 0 saturated carbocycles. The van der Waals surface area contributed by atoms with Gasteiger partial charge in [0, 0.05) is 21.7 Å². The molecule has 4 rings (SSSR count). The number of halogens is 2. The number of carbonyl (C=O) groups is 1. The first-order chi connectivity index (χ1) is 14.5. The average molecular weight is 494 g/mol. The van der Waals surface area contributed by atoms with Crippen molar-refractivity contribution >= 4 is 39.3 Å². The lowest BCUT2D eigenvalue weighted by molar-refractivity contribution is 0.0914. The second kappa shape index (κ2) is 9.58. The molecule has 1 atom stereocenters. The molecular formula is C23H26BrClN2O3. The molecule has 0 bridgehead atoms. The number of piperidine rings is 1. The summed E-state index contributed by atoms with van der Waals surface area (Å²) in [5, 5.41) is 0.787. The van der Waals surface area contributed by atoms with Gasteiger partial charge in [0.2, 0.25) is 0 Å². The van der Waals surface area contributed by atoms with Crippen LogP contribution in [0.15, 0.2) is 46.9 Å². The van der Waals surface area contributed by atoms with Crippen molar-refractivity contribution in [2.75, 3.05) is 38.2 Å². The maximum atomic E-state index is 12.3. The number of hydrogen-bond donors (Lipinski definition) is 0. The third-order valence-electron chi connectivity index (χ3n) is 5.94. The van der Waals surface area contributed by atoms with Crippen molar-refractivity contribution in [3.8, 4) is 5.75 Å². The van der Waals surface area contributed by atoms with Crippen molar-refractivity contribution < 1.29 is 14.3 Å². The topological polar surface area (TPSA) is 42.0 Å². The van der Waals surface area contributed by atoms with Crippen LogP contribution in [0, 0.1) is 5.92 Å². The molecule has 2 fully saturated rings. The maximum Gasteiger partial charge on any atom is 0.414 e. The minimum Gasteiger partial charge on any atom is -0.497 e. The molecule has 30 heavy (non-hydrogen) atoms. The van der Waals surface area contributed by atoms with Crippen molar-refractivity contribution in [2.24, 2.45) is 5.92 Å². The van der Waals surface area contributed by atoms with E-state index >= 15 is 0 Å². The van der Waals surface area contributed by atoms with Gasteiger partial charge in [-0.3, -0.25) is 9.80 Å². The highest BCUT2D eigenvalue weighted by Crippen LogP contribution is 2.29. The quantitative estimate of drug-likeness (QED) is 0.541. The summed E-state index contributed by atoms with van der Waals surface area (Å²) in [5.74, 6) is 1.42. The molecule has 2 aliphatic heterocycles. The number of cyclic esters (lactones) is 1. The lowest BCUT2D eigenvalue weighted by atomic mass is 9.90. The van der Waals surface area contributed by atoms with E-state index in [0.717, 1.165) is 59.8 Å². The lowest BCUT2D eigenvalue weighted by Crippen LogP contribution is -2.40. The Bertz CT molecular complexity index is 885. The van der Waals surface area contributed by atoms with Gasteiger partial charge < -0.3 is 9.47 Å². The number of anilines is 1. The second-order valence-electron chi connectivity index (χ2n) is 8.00. The van der Waals surface area contributed by atoms with Crippen molar-refractivity contribution in [3.05, 3.63) is 57.5 Å². The molecule has 160 valence electrons. The summed E-state index contributed by atoms with van der Waals surface area (Å²) in [4.78, 5) is 16.5. The Kier molecular flexibility index (Phi) is 6.86. The number of carbonyl (C=O) groups excluding carboxylic acids is 1. The van der Waals surface area contributed by atoms with Crippen molar-refractivity contribution in [3.63, 3.8) is 0 Å². The zero-order valence-corrected chi connectivity index (χ0v) is 19.4. The summed E-state index contributed by atoms with van der Waals surface area (Å²) in [7, 11) is 1.63. The van der Waals surface area contributed by atoms with Crippen LogP contribution in [0.5, 0.6) is 5.75 Å². The summed E-state index contributed by atoms with van der Waals surface area (Å²) in [6, 6.07) is 13.5. The zero-order valence-electron chi connectivity index (χ0n) is 17.0. The van der Waals surface area contributed by atoms with Crippen LogP contribution in [0.2, 0.25) is 5.02 Å². The third kappa shape index (κ3) is 5.10. The summed E-state index contributed by atoms with van der Waals surface area (Å²) in [6.45, 7) is 3.42. The van der Waals surface area contributed by atoms with Crippen LogP contribution < -0.4 is 9.64 Å². The minimum absolute atomic E-state index is 0.0989. The van der Waals surface area contributed by atoms with E-state index < -0.39 is 0 Å². The van der Waals surface area contributed by atoms with Gasteiger partial charge in [-0.1, -0.05) is 27.5 Å². The molecule has 0 aliphatic carbocycles. The van der Waals surface area contributed by atoms with Crippen LogP contribution in [0.4, 0.5) is 10.5 Å². The molecule has 2 aromatic carbocycles. The van der Waals surface area contributed by atoms with Gasteiger partial charge in [-0.25, -0.2) is 4.79 Å². The largest absolute Gasteiger partial charge is 0.497 e. The fourth-order valence-corrected chi connectivity index (χ4v) is 4.86. The van der Waals surface area contributed by atoms with E-state index in [9.17, 15) is 4.79 Å². The van der Waals surface area contributed by atoms with Gasteiger partial charge in [0.1, 0.15) is 11.9 Å². The van der Waals surface area contributed by atoms with Crippen LogP contribution >= 0.6 is 27.5 Å². The van der Waals surface area contributed by atoms with Crippen molar-refractivity contribution in [1.82, 2.24) is 4.90 Å². The number of benzene rings is 2. The predicted molar refractivity (Wildman–Crippen MR) is 123 cm³/mol. The Labute approximate surface area is 191 Å². The van der Waals surface area contributed by atoms with E-state index in [2.05, 4.69) is 26.9 Å². The molecule has 1 amide bonds. The highest BCUT2D eigenvalue weighted by Gasteiger charge is 2.34. The fraction of sp³-hybridized carbons (Fsp3) is 0.435. The summed E-state index contributed by atoms with van der Waals surface area (Å²) < 4.78 is 12.0. The second-order valence-corrected chi connectivity index (χ2v) is 9.29. The number of amides is 1. The van der Waals surface area contributed by atoms with Gasteiger partial charge in [0.25, 0.3) is 0 Å². The molecule has 0 spiro atoms. The van der Waals surface area contributed by atoms with Crippen LogP contribution in [-0.2, 0) is 11.2 Å². The van der Waals surface area contributed by atoms with Gasteiger partial charge in [-0.05, 0) is 86.3 Å². The normalized spacial score (nSPS) is 20.4. The number of rotatable bonds is 6. The molecule has 7 heteroatoms. The fourth-order valence-electron chi connectivity index (χ4n) is 4.26. The smallest absolute Gasteiger partial charge is 0.414 e. The predicted octanol–water partition coefficient (Wildman–Crippen LogP) is 5.39. The molecular weight excluding hydrogens is 468 g/mol. The molecule has 0 radical (unpaired) electrons.